The molecule has 0 spiro atoms. The normalized spacial score (nSPS) is 23.2. The molecular weight excluding hydrogens is 286 g/mol. The number of benzene rings is 1. The van der Waals surface area contributed by atoms with Crippen molar-refractivity contribution in [2.75, 3.05) is 5.32 Å². The quantitative estimate of drug-likeness (QED) is 0.777. The molecule has 0 bridgehead atoms. The van der Waals surface area contributed by atoms with Crippen LogP contribution in [0.15, 0.2) is 29.2 Å². The lowest BCUT2D eigenvalue weighted by molar-refractivity contribution is 0.403. The van der Waals surface area contributed by atoms with Crippen LogP contribution in [-0.2, 0) is 10.0 Å². The summed E-state index contributed by atoms with van der Waals surface area (Å²) in [5.74, 6) is 0. The molecule has 0 aliphatic heterocycles. The third-order valence-electron chi connectivity index (χ3n) is 3.73. The highest BCUT2D eigenvalue weighted by Gasteiger charge is 2.25. The van der Waals surface area contributed by atoms with Gasteiger partial charge in [0, 0.05) is 18.1 Å². The maximum Gasteiger partial charge on any atom is 0.242 e. The van der Waals surface area contributed by atoms with E-state index in [-0.39, 0.29) is 23.0 Å². The number of para-hydroxylation sites is 1. The molecule has 0 amide bonds. The summed E-state index contributed by atoms with van der Waals surface area (Å²) in [5, 5.41) is 3.33. The van der Waals surface area contributed by atoms with E-state index in [0.29, 0.717) is 5.69 Å². The van der Waals surface area contributed by atoms with Crippen LogP contribution in [0.25, 0.3) is 0 Å². The molecule has 1 aromatic carbocycles. The first-order valence-corrected chi connectivity index (χ1v) is 9.02. The molecule has 0 unspecified atom stereocenters. The summed E-state index contributed by atoms with van der Waals surface area (Å²) < 4.78 is 27.4. The number of hydrogen-bond acceptors (Lipinski definition) is 4. The van der Waals surface area contributed by atoms with Crippen LogP contribution in [0.1, 0.15) is 39.5 Å². The van der Waals surface area contributed by atoms with Crippen LogP contribution in [0.3, 0.4) is 0 Å². The summed E-state index contributed by atoms with van der Waals surface area (Å²) in [6, 6.07) is 7.07. The van der Waals surface area contributed by atoms with E-state index >= 15 is 0 Å². The summed E-state index contributed by atoms with van der Waals surface area (Å²) in [6.45, 7) is 3.62. The molecule has 1 fully saturated rings. The topological polar surface area (TPSA) is 84.2 Å². The van der Waals surface area contributed by atoms with Gasteiger partial charge in [0.25, 0.3) is 0 Å². The molecule has 0 radical (unpaired) electrons. The lowest BCUT2D eigenvalue weighted by Crippen LogP contribution is -2.43. The highest BCUT2D eigenvalue weighted by atomic mass is 32.2. The van der Waals surface area contributed by atoms with Gasteiger partial charge in [-0.3, -0.25) is 0 Å². The predicted molar refractivity (Wildman–Crippen MR) is 85.8 cm³/mol. The fourth-order valence-electron chi connectivity index (χ4n) is 2.73. The second-order valence-electron chi connectivity index (χ2n) is 5.97. The third kappa shape index (κ3) is 4.18. The maximum absolute atomic E-state index is 12.4. The summed E-state index contributed by atoms with van der Waals surface area (Å²) in [6.07, 6.45) is 4.24. The first-order chi connectivity index (χ1) is 9.90. The number of anilines is 1. The molecule has 0 saturated heterocycles. The van der Waals surface area contributed by atoms with Gasteiger partial charge in [-0.2, -0.15) is 0 Å². The van der Waals surface area contributed by atoms with Crippen molar-refractivity contribution >= 4 is 15.7 Å². The minimum atomic E-state index is -3.51. The fourth-order valence-corrected chi connectivity index (χ4v) is 4.15. The Bertz CT molecular complexity index is 572. The van der Waals surface area contributed by atoms with Gasteiger partial charge in [-0.1, -0.05) is 25.0 Å². The van der Waals surface area contributed by atoms with Crippen LogP contribution in [-0.4, -0.2) is 26.5 Å². The second-order valence-corrected chi connectivity index (χ2v) is 7.65. The highest BCUT2D eigenvalue weighted by Crippen LogP contribution is 2.26. The Morgan fingerprint density at radius 3 is 2.52 bits per heavy atom. The van der Waals surface area contributed by atoms with Gasteiger partial charge in [-0.25, -0.2) is 13.1 Å². The van der Waals surface area contributed by atoms with Crippen molar-refractivity contribution in [3.05, 3.63) is 24.3 Å². The first kappa shape index (κ1) is 16.3. The Hall–Kier alpha value is -1.11. The first-order valence-electron chi connectivity index (χ1n) is 7.53. The van der Waals surface area contributed by atoms with Crippen molar-refractivity contribution < 1.29 is 8.42 Å². The molecule has 1 aliphatic carbocycles. The van der Waals surface area contributed by atoms with Gasteiger partial charge in [-0.15, -0.1) is 0 Å². The molecule has 2 rings (SSSR count). The average molecular weight is 311 g/mol. The highest BCUT2D eigenvalue weighted by molar-refractivity contribution is 7.89. The number of nitrogens with one attached hydrogen (secondary N) is 2. The van der Waals surface area contributed by atoms with E-state index in [2.05, 4.69) is 10.0 Å². The monoisotopic (exact) mass is 311 g/mol. The number of hydrogen-bond donors (Lipinski definition) is 3. The van der Waals surface area contributed by atoms with Gasteiger partial charge in [0.1, 0.15) is 4.90 Å². The van der Waals surface area contributed by atoms with Gasteiger partial charge in [0.05, 0.1) is 5.69 Å². The Kier molecular flexibility index (Phi) is 5.24. The van der Waals surface area contributed by atoms with Crippen LogP contribution in [0.4, 0.5) is 5.69 Å². The number of nitrogens with two attached hydrogens (primary N) is 1. The minimum absolute atomic E-state index is 0.0765. The summed E-state index contributed by atoms with van der Waals surface area (Å²) in [4.78, 5) is 0.288. The zero-order chi connectivity index (χ0) is 15.5. The minimum Gasteiger partial charge on any atom is -0.380 e. The molecule has 118 valence electrons. The smallest absolute Gasteiger partial charge is 0.242 e. The molecule has 21 heavy (non-hydrogen) atoms. The van der Waals surface area contributed by atoms with E-state index in [0.717, 1.165) is 25.7 Å². The van der Waals surface area contributed by atoms with Crippen molar-refractivity contribution in [2.24, 2.45) is 5.73 Å². The molecule has 0 heterocycles. The van der Waals surface area contributed by atoms with E-state index in [1.807, 2.05) is 19.9 Å². The Morgan fingerprint density at radius 2 is 1.86 bits per heavy atom. The van der Waals surface area contributed by atoms with Gasteiger partial charge < -0.3 is 11.1 Å². The Morgan fingerprint density at radius 1 is 1.19 bits per heavy atom. The Balaban J connectivity index is 2.24. The van der Waals surface area contributed by atoms with Crippen molar-refractivity contribution in [1.82, 2.24) is 4.72 Å². The number of rotatable bonds is 5. The molecule has 0 aromatic heterocycles. The van der Waals surface area contributed by atoms with Gasteiger partial charge >= 0.3 is 0 Å². The van der Waals surface area contributed by atoms with E-state index in [4.69, 9.17) is 5.73 Å². The van der Waals surface area contributed by atoms with Crippen LogP contribution in [0, 0.1) is 0 Å². The average Bonchev–Trinajstić information content (AvgIpc) is 2.40. The van der Waals surface area contributed by atoms with Crippen LogP contribution >= 0.6 is 0 Å². The van der Waals surface area contributed by atoms with Crippen molar-refractivity contribution in [3.8, 4) is 0 Å². The van der Waals surface area contributed by atoms with E-state index < -0.39 is 10.0 Å². The van der Waals surface area contributed by atoms with Crippen molar-refractivity contribution in [2.45, 2.75) is 62.6 Å². The maximum atomic E-state index is 12.4. The third-order valence-corrected chi connectivity index (χ3v) is 5.44. The van der Waals surface area contributed by atoms with Crippen LogP contribution in [0.2, 0.25) is 0 Å². The van der Waals surface area contributed by atoms with Gasteiger partial charge in [0.15, 0.2) is 0 Å². The Labute approximate surface area is 127 Å². The van der Waals surface area contributed by atoms with Crippen LogP contribution in [0.5, 0.6) is 0 Å². The lowest BCUT2D eigenvalue weighted by Gasteiger charge is -2.30. The molecular formula is C15H25N3O2S. The largest absolute Gasteiger partial charge is 0.380 e. The zero-order valence-electron chi connectivity index (χ0n) is 12.7. The molecule has 4 N–H and O–H groups in total. The molecule has 6 heteroatoms. The summed E-state index contributed by atoms with van der Waals surface area (Å²) in [7, 11) is -3.51. The predicted octanol–water partition coefficient (Wildman–Crippen LogP) is 2.06. The SMILES string of the molecule is CC(C)NS(=O)(=O)c1ccccc1N[C@@H]1CCCC[C@H]1N. The fraction of sp³-hybridized carbons (Fsp3) is 0.600. The lowest BCUT2D eigenvalue weighted by atomic mass is 9.91. The standard InChI is InChI=1S/C15H25N3O2S/c1-11(2)18-21(19,20)15-10-6-5-9-14(15)17-13-8-4-3-7-12(13)16/h5-6,9-13,17-18H,3-4,7-8,16H2,1-2H3/t12-,13-/m1/s1. The van der Waals surface area contributed by atoms with Crippen molar-refractivity contribution in [3.63, 3.8) is 0 Å². The number of sulfonamides is 1. The molecule has 1 aliphatic rings. The summed E-state index contributed by atoms with van der Waals surface area (Å²) in [5.41, 5.74) is 6.77. The van der Waals surface area contributed by atoms with Gasteiger partial charge in [-0.05, 0) is 38.8 Å². The molecule has 5 nitrogen and oxygen atoms in total. The second kappa shape index (κ2) is 6.77. The zero-order valence-corrected chi connectivity index (χ0v) is 13.5. The molecule has 1 aromatic rings. The molecule has 2 atom stereocenters. The van der Waals surface area contributed by atoms with Gasteiger partial charge in [0.2, 0.25) is 10.0 Å². The van der Waals surface area contributed by atoms with E-state index in [1.54, 1.807) is 18.2 Å². The summed E-state index contributed by atoms with van der Waals surface area (Å²) >= 11 is 0. The van der Waals surface area contributed by atoms with Crippen LogP contribution < -0.4 is 15.8 Å². The molecule has 1 saturated carbocycles. The van der Waals surface area contributed by atoms with Crippen molar-refractivity contribution in [1.29, 1.82) is 0 Å². The van der Waals surface area contributed by atoms with E-state index in [1.165, 1.54) is 0 Å². The van der Waals surface area contributed by atoms with E-state index in [9.17, 15) is 8.42 Å².